The molecule has 30 heavy (non-hydrogen) atoms. The largest absolute Gasteiger partial charge is 0.496 e. The van der Waals surface area contributed by atoms with E-state index in [4.69, 9.17) is 9.47 Å². The van der Waals surface area contributed by atoms with Crippen LogP contribution < -0.4 is 25.6 Å². The lowest BCUT2D eigenvalue weighted by Gasteiger charge is -2.13. The second-order valence-electron chi connectivity index (χ2n) is 5.78. The van der Waals surface area contributed by atoms with Crippen molar-refractivity contribution in [1.82, 2.24) is 15.4 Å². The monoisotopic (exact) mass is 410 g/mol. The zero-order chi connectivity index (χ0) is 21.5. The molecule has 0 fully saturated rings. The number of benzene rings is 2. The van der Waals surface area contributed by atoms with Crippen molar-refractivity contribution in [3.05, 3.63) is 70.5 Å². The molecule has 11 heteroatoms. The quantitative estimate of drug-likeness (QED) is 0.377. The molecular weight excluding hydrogens is 392 g/mol. The van der Waals surface area contributed by atoms with Crippen molar-refractivity contribution in [2.75, 3.05) is 25.0 Å². The van der Waals surface area contributed by atoms with E-state index in [-0.39, 0.29) is 17.2 Å². The zero-order valence-electron chi connectivity index (χ0n) is 16.1. The minimum absolute atomic E-state index is 0.0754. The average molecular weight is 410 g/mol. The molecule has 1 amide bonds. The maximum atomic E-state index is 12.4. The van der Waals surface area contributed by atoms with Gasteiger partial charge in [-0.25, -0.2) is 9.97 Å². The van der Waals surface area contributed by atoms with Gasteiger partial charge in [0.25, 0.3) is 5.91 Å². The van der Waals surface area contributed by atoms with Crippen LogP contribution in [-0.2, 0) is 0 Å². The molecule has 154 valence electrons. The number of hydrazine groups is 1. The van der Waals surface area contributed by atoms with Gasteiger partial charge in [-0.05, 0) is 24.3 Å². The van der Waals surface area contributed by atoms with Crippen molar-refractivity contribution in [3.8, 4) is 11.5 Å². The van der Waals surface area contributed by atoms with E-state index in [1.54, 1.807) is 48.5 Å². The van der Waals surface area contributed by atoms with Gasteiger partial charge in [0.05, 0.1) is 30.4 Å². The van der Waals surface area contributed by atoms with Gasteiger partial charge in [-0.1, -0.05) is 24.3 Å². The number of aromatic nitrogens is 2. The van der Waals surface area contributed by atoms with Gasteiger partial charge in [-0.2, -0.15) is 0 Å². The summed E-state index contributed by atoms with van der Waals surface area (Å²) in [5, 5.41) is 14.5. The van der Waals surface area contributed by atoms with Crippen molar-refractivity contribution in [2.45, 2.75) is 0 Å². The fraction of sp³-hybridized carbons (Fsp3) is 0.105. The number of ether oxygens (including phenoxy) is 2. The molecule has 3 rings (SSSR count). The van der Waals surface area contributed by atoms with Crippen LogP contribution in [0.15, 0.2) is 54.9 Å². The van der Waals surface area contributed by atoms with Gasteiger partial charge in [-0.3, -0.25) is 25.8 Å². The summed E-state index contributed by atoms with van der Waals surface area (Å²) in [6.45, 7) is 0. The molecule has 0 unspecified atom stereocenters. The molecule has 0 saturated carbocycles. The van der Waals surface area contributed by atoms with Crippen molar-refractivity contribution < 1.29 is 19.2 Å². The Hall–Kier alpha value is -4.41. The zero-order valence-corrected chi connectivity index (χ0v) is 16.1. The van der Waals surface area contributed by atoms with Crippen molar-refractivity contribution in [3.63, 3.8) is 0 Å². The number of nitrogens with one attached hydrogen (secondary N) is 3. The Bertz CT molecular complexity index is 1070. The lowest BCUT2D eigenvalue weighted by atomic mass is 10.2. The molecule has 0 saturated heterocycles. The molecular formula is C19H18N6O5. The molecule has 0 aliphatic rings. The summed E-state index contributed by atoms with van der Waals surface area (Å²) in [5.74, 6) is 0.000643. The molecule has 2 aromatic carbocycles. The first-order chi connectivity index (χ1) is 14.5. The molecule has 1 heterocycles. The first-order valence-corrected chi connectivity index (χ1v) is 8.64. The van der Waals surface area contributed by atoms with Gasteiger partial charge in [-0.15, -0.1) is 0 Å². The van der Waals surface area contributed by atoms with E-state index in [1.165, 1.54) is 14.2 Å². The summed E-state index contributed by atoms with van der Waals surface area (Å²) in [7, 11) is 2.92. The number of carbonyl (C=O) groups excluding carboxylic acids is 1. The van der Waals surface area contributed by atoms with E-state index in [9.17, 15) is 14.9 Å². The molecule has 3 N–H and O–H groups in total. The average Bonchev–Trinajstić information content (AvgIpc) is 2.77. The van der Waals surface area contributed by atoms with Crippen molar-refractivity contribution >= 4 is 28.9 Å². The summed E-state index contributed by atoms with van der Waals surface area (Å²) in [5.41, 5.74) is 5.13. The third-order valence-electron chi connectivity index (χ3n) is 4.01. The number of carbonyl (C=O) groups is 1. The topological polar surface area (TPSA) is 141 Å². The number of nitrogens with zero attached hydrogens (tertiary/aromatic N) is 3. The number of amides is 1. The lowest BCUT2D eigenvalue weighted by Crippen LogP contribution is -2.30. The Kier molecular flexibility index (Phi) is 6.23. The number of rotatable bonds is 8. The highest BCUT2D eigenvalue weighted by Gasteiger charge is 2.24. The second-order valence-corrected chi connectivity index (χ2v) is 5.78. The highest BCUT2D eigenvalue weighted by atomic mass is 16.6. The number of para-hydroxylation sites is 3. The Balaban J connectivity index is 1.86. The Labute approximate surface area is 171 Å². The van der Waals surface area contributed by atoms with Crippen LogP contribution in [0.25, 0.3) is 0 Å². The molecule has 3 aromatic rings. The molecule has 11 nitrogen and oxygen atoms in total. The first-order valence-electron chi connectivity index (χ1n) is 8.64. The Morgan fingerprint density at radius 1 is 0.967 bits per heavy atom. The molecule has 0 atom stereocenters. The van der Waals surface area contributed by atoms with Gasteiger partial charge < -0.3 is 14.8 Å². The Morgan fingerprint density at radius 3 is 2.30 bits per heavy atom. The maximum absolute atomic E-state index is 12.4. The van der Waals surface area contributed by atoms with Crippen molar-refractivity contribution in [2.24, 2.45) is 0 Å². The van der Waals surface area contributed by atoms with Crippen LogP contribution in [0.5, 0.6) is 11.5 Å². The molecule has 1 aromatic heterocycles. The lowest BCUT2D eigenvalue weighted by molar-refractivity contribution is -0.383. The molecule has 0 spiro atoms. The van der Waals surface area contributed by atoms with Crippen LogP contribution in [-0.4, -0.2) is 35.0 Å². The van der Waals surface area contributed by atoms with Crippen LogP contribution in [0.4, 0.5) is 23.0 Å². The smallest absolute Gasteiger partial charge is 0.355 e. The first kappa shape index (κ1) is 20.3. The highest BCUT2D eigenvalue weighted by molar-refractivity contribution is 5.97. The molecule has 0 bridgehead atoms. The number of anilines is 3. The van der Waals surface area contributed by atoms with E-state index in [0.717, 1.165) is 6.33 Å². The van der Waals surface area contributed by atoms with E-state index in [1.807, 2.05) is 0 Å². The highest BCUT2D eigenvalue weighted by Crippen LogP contribution is 2.33. The van der Waals surface area contributed by atoms with Crippen LogP contribution in [0.2, 0.25) is 0 Å². The number of nitro groups is 1. The van der Waals surface area contributed by atoms with E-state index < -0.39 is 16.5 Å². The van der Waals surface area contributed by atoms with Crippen LogP contribution in [0.1, 0.15) is 10.4 Å². The summed E-state index contributed by atoms with van der Waals surface area (Å²) >= 11 is 0. The predicted molar refractivity (Wildman–Crippen MR) is 109 cm³/mol. The molecule has 0 aliphatic heterocycles. The summed E-state index contributed by atoms with van der Waals surface area (Å²) in [6.07, 6.45) is 1.13. The van der Waals surface area contributed by atoms with Gasteiger partial charge in [0, 0.05) is 0 Å². The van der Waals surface area contributed by atoms with E-state index in [0.29, 0.717) is 17.2 Å². The Morgan fingerprint density at radius 2 is 1.60 bits per heavy atom. The normalized spacial score (nSPS) is 10.1. The minimum atomic E-state index is -0.657. The molecule has 0 aliphatic carbocycles. The predicted octanol–water partition coefficient (Wildman–Crippen LogP) is 2.90. The number of hydrogen-bond acceptors (Lipinski definition) is 9. The summed E-state index contributed by atoms with van der Waals surface area (Å²) in [4.78, 5) is 31.3. The third-order valence-corrected chi connectivity index (χ3v) is 4.01. The van der Waals surface area contributed by atoms with Crippen molar-refractivity contribution in [1.29, 1.82) is 0 Å². The minimum Gasteiger partial charge on any atom is -0.496 e. The van der Waals surface area contributed by atoms with Crippen LogP contribution >= 0.6 is 0 Å². The molecule has 0 radical (unpaired) electrons. The SMILES string of the molecule is COc1ccccc1Nc1ncnc(NNC(=O)c2ccccc2OC)c1[N+](=O)[O-]. The van der Waals surface area contributed by atoms with Gasteiger partial charge in [0.15, 0.2) is 0 Å². The number of methoxy groups -OCH3 is 2. The van der Waals surface area contributed by atoms with E-state index in [2.05, 4.69) is 26.1 Å². The summed E-state index contributed by atoms with van der Waals surface area (Å²) < 4.78 is 10.4. The van der Waals surface area contributed by atoms with Gasteiger partial charge >= 0.3 is 5.69 Å². The summed E-state index contributed by atoms with van der Waals surface area (Å²) in [6, 6.07) is 13.4. The number of hydrogen-bond donors (Lipinski definition) is 3. The van der Waals surface area contributed by atoms with Crippen LogP contribution in [0, 0.1) is 10.1 Å². The fourth-order valence-electron chi connectivity index (χ4n) is 2.63. The maximum Gasteiger partial charge on any atom is 0.355 e. The third kappa shape index (κ3) is 4.35. The second kappa shape index (κ2) is 9.19. The van der Waals surface area contributed by atoms with E-state index >= 15 is 0 Å². The standard InChI is InChI=1S/C19H18N6O5/c1-29-14-9-5-3-7-12(14)19(26)24-23-18-16(25(27)28)17(20-11-21-18)22-13-8-4-6-10-15(13)30-2/h3-11H,1-2H3,(H,24,26)(H2,20,21,22,23). The van der Waals surface area contributed by atoms with Crippen LogP contribution in [0.3, 0.4) is 0 Å². The van der Waals surface area contributed by atoms with Gasteiger partial charge in [0.2, 0.25) is 11.6 Å². The fourth-order valence-corrected chi connectivity index (χ4v) is 2.63. The van der Waals surface area contributed by atoms with Gasteiger partial charge in [0.1, 0.15) is 17.8 Å².